The van der Waals surface area contributed by atoms with E-state index in [1.165, 1.54) is 43.2 Å². The quantitative estimate of drug-likeness (QED) is 0.438. The summed E-state index contributed by atoms with van der Waals surface area (Å²) >= 11 is 0. The van der Waals surface area contributed by atoms with Crippen molar-refractivity contribution in [1.82, 2.24) is 10.6 Å². The third kappa shape index (κ3) is 5.23. The number of hydrogen-bond donors (Lipinski definition) is 2. The molecule has 0 aromatic heterocycles. The van der Waals surface area contributed by atoms with Gasteiger partial charge in [-0.1, -0.05) is 24.3 Å². The molecule has 2 N–H and O–H groups in total. The zero-order valence-electron chi connectivity index (χ0n) is 14.9. The fraction of sp³-hybridized carbons (Fsp3) is 0.650. The molecule has 2 aliphatic rings. The summed E-state index contributed by atoms with van der Waals surface area (Å²) in [6.45, 7) is 3.66. The minimum atomic E-state index is 0.593. The number of rotatable bonds is 8. The number of ether oxygens (including phenoxy) is 1. The molecule has 4 nitrogen and oxygen atoms in total. The summed E-state index contributed by atoms with van der Waals surface area (Å²) in [5, 5.41) is 6.89. The molecular formula is C20H31N3O. The predicted octanol–water partition coefficient (Wildman–Crippen LogP) is 3.09. The average Bonchev–Trinajstić information content (AvgIpc) is 3.45. The number of guanidine groups is 1. The van der Waals surface area contributed by atoms with E-state index in [4.69, 9.17) is 4.74 Å². The van der Waals surface area contributed by atoms with Crippen LogP contribution >= 0.6 is 0 Å². The Balaban J connectivity index is 1.35. The molecule has 0 amide bonds. The molecule has 0 bridgehead atoms. The van der Waals surface area contributed by atoms with Gasteiger partial charge in [-0.3, -0.25) is 4.99 Å². The number of nitrogens with zero attached hydrogens (tertiary/aromatic N) is 1. The summed E-state index contributed by atoms with van der Waals surface area (Å²) in [5.74, 6) is 2.35. The Morgan fingerprint density at radius 1 is 1.21 bits per heavy atom. The third-order valence-corrected chi connectivity index (χ3v) is 5.04. The van der Waals surface area contributed by atoms with Crippen molar-refractivity contribution >= 4 is 5.96 Å². The molecular weight excluding hydrogens is 298 g/mol. The molecule has 0 heterocycles. The first-order valence-electron chi connectivity index (χ1n) is 9.47. The van der Waals surface area contributed by atoms with Gasteiger partial charge in [-0.25, -0.2) is 0 Å². The minimum absolute atomic E-state index is 0.593. The second-order valence-corrected chi connectivity index (χ2v) is 7.04. The number of fused-ring (bicyclic) bond motifs is 1. The van der Waals surface area contributed by atoms with Crippen molar-refractivity contribution in [3.8, 4) is 0 Å². The SMILES string of the molecule is CN=C(NCCCOCC1CC1)NCC1CCCc2ccccc21. The van der Waals surface area contributed by atoms with Gasteiger partial charge in [0, 0.05) is 39.3 Å². The molecule has 0 spiro atoms. The predicted molar refractivity (Wildman–Crippen MR) is 99.6 cm³/mol. The molecule has 3 rings (SSSR count). The second-order valence-electron chi connectivity index (χ2n) is 7.04. The van der Waals surface area contributed by atoms with Crippen LogP contribution in [0.15, 0.2) is 29.3 Å². The van der Waals surface area contributed by atoms with Crippen LogP contribution in [-0.2, 0) is 11.2 Å². The van der Waals surface area contributed by atoms with Crippen molar-refractivity contribution in [2.45, 2.75) is 44.4 Å². The Labute approximate surface area is 146 Å². The fourth-order valence-electron chi connectivity index (χ4n) is 3.42. The number of benzene rings is 1. The van der Waals surface area contributed by atoms with Crippen molar-refractivity contribution < 1.29 is 4.74 Å². The maximum absolute atomic E-state index is 5.67. The number of aryl methyl sites for hydroxylation is 1. The molecule has 2 aliphatic carbocycles. The largest absolute Gasteiger partial charge is 0.381 e. The lowest BCUT2D eigenvalue weighted by molar-refractivity contribution is 0.123. The van der Waals surface area contributed by atoms with E-state index in [-0.39, 0.29) is 0 Å². The molecule has 1 aromatic rings. The molecule has 0 radical (unpaired) electrons. The van der Waals surface area contributed by atoms with Gasteiger partial charge in [0.15, 0.2) is 5.96 Å². The number of hydrogen-bond acceptors (Lipinski definition) is 2. The third-order valence-electron chi connectivity index (χ3n) is 5.04. The first-order chi connectivity index (χ1) is 11.9. The van der Waals surface area contributed by atoms with Gasteiger partial charge in [0.1, 0.15) is 0 Å². The summed E-state index contributed by atoms with van der Waals surface area (Å²) in [4.78, 5) is 4.34. The molecule has 1 unspecified atom stereocenters. The molecule has 0 saturated heterocycles. The highest BCUT2D eigenvalue weighted by Gasteiger charge is 2.21. The van der Waals surface area contributed by atoms with Crippen LogP contribution in [0.2, 0.25) is 0 Å². The maximum atomic E-state index is 5.67. The topological polar surface area (TPSA) is 45.7 Å². The van der Waals surface area contributed by atoms with E-state index in [9.17, 15) is 0 Å². The van der Waals surface area contributed by atoms with Crippen molar-refractivity contribution in [2.75, 3.05) is 33.4 Å². The fourth-order valence-corrected chi connectivity index (χ4v) is 3.42. The van der Waals surface area contributed by atoms with E-state index in [1.54, 1.807) is 0 Å². The van der Waals surface area contributed by atoms with Crippen LogP contribution in [0.4, 0.5) is 0 Å². The molecule has 1 aromatic carbocycles. The monoisotopic (exact) mass is 329 g/mol. The van der Waals surface area contributed by atoms with Crippen molar-refractivity contribution in [3.63, 3.8) is 0 Å². The highest BCUT2D eigenvalue weighted by atomic mass is 16.5. The summed E-state index contributed by atoms with van der Waals surface area (Å²) in [6.07, 6.45) is 7.52. The lowest BCUT2D eigenvalue weighted by Crippen LogP contribution is -2.40. The van der Waals surface area contributed by atoms with Crippen LogP contribution in [0.25, 0.3) is 0 Å². The molecule has 1 saturated carbocycles. The Kier molecular flexibility index (Phi) is 6.53. The summed E-state index contributed by atoms with van der Waals surface area (Å²) in [5.41, 5.74) is 3.03. The van der Waals surface area contributed by atoms with Gasteiger partial charge in [0.25, 0.3) is 0 Å². The number of aliphatic imine (C=N–C) groups is 1. The van der Waals surface area contributed by atoms with Crippen molar-refractivity contribution in [2.24, 2.45) is 10.9 Å². The lowest BCUT2D eigenvalue weighted by atomic mass is 9.83. The van der Waals surface area contributed by atoms with Gasteiger partial charge in [-0.15, -0.1) is 0 Å². The van der Waals surface area contributed by atoms with Crippen LogP contribution in [0.3, 0.4) is 0 Å². The van der Waals surface area contributed by atoms with E-state index in [0.717, 1.165) is 44.6 Å². The first-order valence-corrected chi connectivity index (χ1v) is 9.47. The second kappa shape index (κ2) is 9.07. The van der Waals surface area contributed by atoms with E-state index >= 15 is 0 Å². The van der Waals surface area contributed by atoms with E-state index in [1.807, 2.05) is 7.05 Å². The highest BCUT2D eigenvalue weighted by Crippen LogP contribution is 2.30. The molecule has 4 heteroatoms. The molecule has 1 fully saturated rings. The zero-order valence-corrected chi connectivity index (χ0v) is 14.9. The Bertz CT molecular complexity index is 539. The van der Waals surface area contributed by atoms with Gasteiger partial charge in [0.05, 0.1) is 0 Å². The van der Waals surface area contributed by atoms with Gasteiger partial charge >= 0.3 is 0 Å². The van der Waals surface area contributed by atoms with Gasteiger partial charge in [0.2, 0.25) is 0 Å². The van der Waals surface area contributed by atoms with E-state index in [0.29, 0.717) is 5.92 Å². The molecule has 1 atom stereocenters. The lowest BCUT2D eigenvalue weighted by Gasteiger charge is -2.26. The van der Waals surface area contributed by atoms with Crippen LogP contribution in [0.5, 0.6) is 0 Å². The minimum Gasteiger partial charge on any atom is -0.381 e. The Hall–Kier alpha value is -1.55. The zero-order chi connectivity index (χ0) is 16.6. The Morgan fingerprint density at radius 2 is 2.08 bits per heavy atom. The summed E-state index contributed by atoms with van der Waals surface area (Å²) in [6, 6.07) is 8.87. The van der Waals surface area contributed by atoms with Crippen molar-refractivity contribution in [3.05, 3.63) is 35.4 Å². The number of nitrogens with one attached hydrogen (secondary N) is 2. The van der Waals surface area contributed by atoms with Gasteiger partial charge in [-0.2, -0.15) is 0 Å². The van der Waals surface area contributed by atoms with Crippen LogP contribution in [0.1, 0.15) is 49.1 Å². The van der Waals surface area contributed by atoms with Crippen LogP contribution in [0, 0.1) is 5.92 Å². The average molecular weight is 329 g/mol. The molecule has 24 heavy (non-hydrogen) atoms. The van der Waals surface area contributed by atoms with Gasteiger partial charge < -0.3 is 15.4 Å². The van der Waals surface area contributed by atoms with Crippen molar-refractivity contribution in [1.29, 1.82) is 0 Å². The normalized spacial score (nSPS) is 20.5. The smallest absolute Gasteiger partial charge is 0.190 e. The highest BCUT2D eigenvalue weighted by molar-refractivity contribution is 5.79. The van der Waals surface area contributed by atoms with E-state index < -0.39 is 0 Å². The Morgan fingerprint density at radius 3 is 2.92 bits per heavy atom. The molecule has 132 valence electrons. The molecule has 0 aliphatic heterocycles. The summed E-state index contributed by atoms with van der Waals surface area (Å²) in [7, 11) is 1.84. The standard InChI is InChI=1S/C20H31N3O/c1-21-20(22-12-5-13-24-15-16-10-11-16)23-14-18-8-4-7-17-6-2-3-9-19(17)18/h2-3,6,9,16,18H,4-5,7-8,10-15H2,1H3,(H2,21,22,23). The van der Waals surface area contributed by atoms with Crippen LogP contribution in [-0.4, -0.2) is 39.3 Å². The van der Waals surface area contributed by atoms with Crippen LogP contribution < -0.4 is 10.6 Å². The first kappa shape index (κ1) is 17.3. The summed E-state index contributed by atoms with van der Waals surface area (Å²) < 4.78 is 5.67. The van der Waals surface area contributed by atoms with Gasteiger partial charge in [-0.05, 0) is 55.6 Å². The maximum Gasteiger partial charge on any atom is 0.190 e. The van der Waals surface area contributed by atoms with E-state index in [2.05, 4.69) is 39.9 Å².